The number of carbonyl (C=O) groups is 1. The Balaban J connectivity index is 1.95. The van der Waals surface area contributed by atoms with E-state index in [1.807, 2.05) is 18.2 Å². The minimum atomic E-state index is -0.104. The quantitative estimate of drug-likeness (QED) is 0.892. The maximum atomic E-state index is 11.2. The number of aryl methyl sites for hydroxylation is 1. The molecule has 3 nitrogen and oxygen atoms in total. The molecule has 1 heterocycles. The van der Waals surface area contributed by atoms with Gasteiger partial charge in [-0.05, 0) is 35.2 Å². The molecule has 0 aromatic heterocycles. The number of hydrogen-bond acceptors (Lipinski definition) is 2. The molecule has 0 radical (unpaired) electrons. The number of ether oxygens (including phenoxy) is 1. The number of anilines is 1. The predicted molar refractivity (Wildman–Crippen MR) is 75.4 cm³/mol. The van der Waals surface area contributed by atoms with E-state index in [1.54, 1.807) is 0 Å². The molecule has 2 aromatic rings. The second kappa shape index (κ2) is 4.76. The van der Waals surface area contributed by atoms with Crippen LogP contribution in [0.4, 0.5) is 5.69 Å². The van der Waals surface area contributed by atoms with E-state index in [-0.39, 0.29) is 12.5 Å². The highest BCUT2D eigenvalue weighted by atomic mass is 16.5. The van der Waals surface area contributed by atoms with Crippen molar-refractivity contribution in [1.82, 2.24) is 0 Å². The van der Waals surface area contributed by atoms with Crippen molar-refractivity contribution in [2.75, 3.05) is 11.9 Å². The summed E-state index contributed by atoms with van der Waals surface area (Å²) >= 11 is 0. The molecule has 96 valence electrons. The monoisotopic (exact) mass is 253 g/mol. The van der Waals surface area contributed by atoms with Crippen LogP contribution in [0.5, 0.6) is 5.75 Å². The van der Waals surface area contributed by atoms with Crippen LogP contribution >= 0.6 is 0 Å². The van der Waals surface area contributed by atoms with Crippen molar-refractivity contribution < 1.29 is 9.53 Å². The summed E-state index contributed by atoms with van der Waals surface area (Å²) in [6, 6.07) is 14.3. The molecular weight excluding hydrogens is 238 g/mol. The fraction of sp³-hybridized carbons (Fsp3) is 0.188. The zero-order valence-corrected chi connectivity index (χ0v) is 10.8. The van der Waals surface area contributed by atoms with Gasteiger partial charge in [0.2, 0.25) is 0 Å². The lowest BCUT2D eigenvalue weighted by atomic mass is 10.0. The van der Waals surface area contributed by atoms with Gasteiger partial charge in [0, 0.05) is 0 Å². The number of amides is 1. The first kappa shape index (κ1) is 11.8. The molecule has 1 amide bonds. The van der Waals surface area contributed by atoms with Crippen molar-refractivity contribution in [3.8, 4) is 16.9 Å². The first-order chi connectivity index (χ1) is 9.26. The number of carbonyl (C=O) groups excluding carboxylic acids is 1. The van der Waals surface area contributed by atoms with Gasteiger partial charge in [-0.15, -0.1) is 0 Å². The lowest BCUT2D eigenvalue weighted by molar-refractivity contribution is -0.118. The zero-order chi connectivity index (χ0) is 13.2. The maximum Gasteiger partial charge on any atom is 0.262 e. The lowest BCUT2D eigenvalue weighted by Gasteiger charge is -2.18. The van der Waals surface area contributed by atoms with Crippen molar-refractivity contribution in [1.29, 1.82) is 0 Å². The zero-order valence-electron chi connectivity index (χ0n) is 10.8. The van der Waals surface area contributed by atoms with Gasteiger partial charge >= 0.3 is 0 Å². The largest absolute Gasteiger partial charge is 0.482 e. The van der Waals surface area contributed by atoms with E-state index in [9.17, 15) is 4.79 Å². The molecule has 0 atom stereocenters. The standard InChI is InChI=1S/C16H15NO2/c1-2-11-3-5-12(6-4-11)13-7-8-14-15(9-13)19-10-16(18)17-14/h3-9H,2,10H2,1H3,(H,17,18). The van der Waals surface area contributed by atoms with Gasteiger partial charge in [0.25, 0.3) is 5.91 Å². The van der Waals surface area contributed by atoms with Gasteiger partial charge in [-0.1, -0.05) is 37.3 Å². The minimum Gasteiger partial charge on any atom is -0.482 e. The highest BCUT2D eigenvalue weighted by Gasteiger charge is 2.16. The Kier molecular flexibility index (Phi) is 2.95. The van der Waals surface area contributed by atoms with Crippen LogP contribution in [0.3, 0.4) is 0 Å². The molecular formula is C16H15NO2. The molecule has 0 aliphatic carbocycles. The van der Waals surface area contributed by atoms with Gasteiger partial charge in [-0.2, -0.15) is 0 Å². The van der Waals surface area contributed by atoms with Crippen molar-refractivity contribution in [3.63, 3.8) is 0 Å². The molecule has 19 heavy (non-hydrogen) atoms. The van der Waals surface area contributed by atoms with Crippen molar-refractivity contribution in [2.45, 2.75) is 13.3 Å². The summed E-state index contributed by atoms with van der Waals surface area (Å²) in [5.74, 6) is 0.629. The Morgan fingerprint density at radius 2 is 1.84 bits per heavy atom. The molecule has 0 fully saturated rings. The lowest BCUT2D eigenvalue weighted by Crippen LogP contribution is -2.25. The van der Waals surface area contributed by atoms with Crippen LogP contribution in [-0.2, 0) is 11.2 Å². The SMILES string of the molecule is CCc1ccc(-c2ccc3c(c2)OCC(=O)N3)cc1. The van der Waals surface area contributed by atoms with Gasteiger partial charge in [-0.25, -0.2) is 0 Å². The number of hydrogen-bond donors (Lipinski definition) is 1. The predicted octanol–water partition coefficient (Wildman–Crippen LogP) is 3.25. The van der Waals surface area contributed by atoms with E-state index < -0.39 is 0 Å². The number of rotatable bonds is 2. The van der Waals surface area contributed by atoms with E-state index in [0.717, 1.165) is 29.0 Å². The van der Waals surface area contributed by atoms with E-state index in [4.69, 9.17) is 4.74 Å². The molecule has 3 rings (SSSR count). The van der Waals surface area contributed by atoms with E-state index in [0.29, 0.717) is 0 Å². The van der Waals surface area contributed by atoms with Crippen LogP contribution in [-0.4, -0.2) is 12.5 Å². The van der Waals surface area contributed by atoms with E-state index in [2.05, 4.69) is 36.5 Å². The average Bonchev–Trinajstić information content (AvgIpc) is 2.47. The second-order valence-corrected chi connectivity index (χ2v) is 4.60. The Hall–Kier alpha value is -2.29. The summed E-state index contributed by atoms with van der Waals surface area (Å²) in [6.07, 6.45) is 1.04. The number of nitrogens with one attached hydrogen (secondary N) is 1. The second-order valence-electron chi connectivity index (χ2n) is 4.60. The third-order valence-electron chi connectivity index (χ3n) is 3.31. The Bertz CT molecular complexity index is 617. The van der Waals surface area contributed by atoms with Crippen molar-refractivity contribution in [2.24, 2.45) is 0 Å². The molecule has 0 unspecified atom stereocenters. The molecule has 3 heteroatoms. The highest BCUT2D eigenvalue weighted by Crippen LogP contribution is 2.32. The van der Waals surface area contributed by atoms with E-state index in [1.165, 1.54) is 5.56 Å². The van der Waals surface area contributed by atoms with Crippen LogP contribution in [0.1, 0.15) is 12.5 Å². The molecule has 0 spiro atoms. The van der Waals surface area contributed by atoms with Gasteiger partial charge < -0.3 is 10.1 Å². The Morgan fingerprint density at radius 3 is 2.58 bits per heavy atom. The Morgan fingerprint density at radius 1 is 1.11 bits per heavy atom. The smallest absolute Gasteiger partial charge is 0.262 e. The van der Waals surface area contributed by atoms with Crippen LogP contribution in [0.25, 0.3) is 11.1 Å². The van der Waals surface area contributed by atoms with Crippen LogP contribution < -0.4 is 10.1 Å². The third kappa shape index (κ3) is 2.32. The van der Waals surface area contributed by atoms with Crippen molar-refractivity contribution >= 4 is 11.6 Å². The minimum absolute atomic E-state index is 0.0885. The molecule has 1 aliphatic rings. The molecule has 0 saturated carbocycles. The average molecular weight is 253 g/mol. The first-order valence-electron chi connectivity index (χ1n) is 6.42. The Labute approximate surface area is 112 Å². The fourth-order valence-corrected chi connectivity index (χ4v) is 2.19. The maximum absolute atomic E-state index is 11.2. The first-order valence-corrected chi connectivity index (χ1v) is 6.42. The third-order valence-corrected chi connectivity index (χ3v) is 3.31. The summed E-state index contributed by atoms with van der Waals surface area (Å²) in [6.45, 7) is 2.23. The molecule has 1 aliphatic heterocycles. The number of benzene rings is 2. The normalized spacial score (nSPS) is 13.4. The van der Waals surface area contributed by atoms with Crippen LogP contribution in [0.15, 0.2) is 42.5 Å². The van der Waals surface area contributed by atoms with Crippen LogP contribution in [0, 0.1) is 0 Å². The summed E-state index contributed by atoms with van der Waals surface area (Å²) in [7, 11) is 0. The highest BCUT2D eigenvalue weighted by molar-refractivity contribution is 5.95. The fourth-order valence-electron chi connectivity index (χ4n) is 2.19. The van der Waals surface area contributed by atoms with Gasteiger partial charge in [-0.3, -0.25) is 4.79 Å². The van der Waals surface area contributed by atoms with Gasteiger partial charge in [0.15, 0.2) is 6.61 Å². The topological polar surface area (TPSA) is 38.3 Å². The number of fused-ring (bicyclic) bond motifs is 1. The summed E-state index contributed by atoms with van der Waals surface area (Å²) in [5, 5.41) is 2.79. The van der Waals surface area contributed by atoms with Crippen molar-refractivity contribution in [3.05, 3.63) is 48.0 Å². The summed E-state index contributed by atoms with van der Waals surface area (Å²) < 4.78 is 5.43. The molecule has 1 N–H and O–H groups in total. The van der Waals surface area contributed by atoms with Gasteiger partial charge in [0.05, 0.1) is 5.69 Å². The molecule has 0 bridgehead atoms. The summed E-state index contributed by atoms with van der Waals surface area (Å²) in [4.78, 5) is 11.2. The van der Waals surface area contributed by atoms with Gasteiger partial charge in [0.1, 0.15) is 5.75 Å². The molecule has 2 aromatic carbocycles. The summed E-state index contributed by atoms with van der Waals surface area (Å²) in [5.41, 5.74) is 4.31. The van der Waals surface area contributed by atoms with E-state index >= 15 is 0 Å². The van der Waals surface area contributed by atoms with Crippen LogP contribution in [0.2, 0.25) is 0 Å². The molecule has 0 saturated heterocycles.